The standard InChI is InChI=1S/C17H21N3O2/c21-16-15(6-7-18-17(16)22)13-20-10-8-19(9-11-20)12-14-4-2-1-3-5-14/h1-7,21H,8-13H2,(H,18,22). The van der Waals surface area contributed by atoms with Gasteiger partial charge in [0.05, 0.1) is 0 Å². The van der Waals surface area contributed by atoms with E-state index in [2.05, 4.69) is 39.0 Å². The number of aromatic nitrogens is 1. The lowest BCUT2D eigenvalue weighted by atomic mass is 10.2. The molecular weight excluding hydrogens is 278 g/mol. The van der Waals surface area contributed by atoms with E-state index >= 15 is 0 Å². The molecule has 22 heavy (non-hydrogen) atoms. The van der Waals surface area contributed by atoms with Crippen LogP contribution in [0.25, 0.3) is 0 Å². The Morgan fingerprint density at radius 2 is 1.59 bits per heavy atom. The topological polar surface area (TPSA) is 59.6 Å². The van der Waals surface area contributed by atoms with Gasteiger partial charge in [0, 0.05) is 51.0 Å². The minimum Gasteiger partial charge on any atom is -0.503 e. The average Bonchev–Trinajstić information content (AvgIpc) is 2.55. The van der Waals surface area contributed by atoms with Crippen molar-refractivity contribution in [3.05, 3.63) is 64.1 Å². The number of nitrogens with zero attached hydrogens (tertiary/aromatic N) is 2. The van der Waals surface area contributed by atoms with E-state index in [1.54, 1.807) is 12.3 Å². The van der Waals surface area contributed by atoms with Gasteiger partial charge in [-0.25, -0.2) is 0 Å². The molecule has 0 atom stereocenters. The number of hydrogen-bond acceptors (Lipinski definition) is 4. The maximum Gasteiger partial charge on any atom is 0.290 e. The number of piperazine rings is 1. The number of nitrogens with one attached hydrogen (secondary N) is 1. The Kier molecular flexibility index (Phi) is 4.56. The Morgan fingerprint density at radius 3 is 2.27 bits per heavy atom. The Morgan fingerprint density at radius 1 is 0.955 bits per heavy atom. The summed E-state index contributed by atoms with van der Waals surface area (Å²) in [5.41, 5.74) is 1.61. The summed E-state index contributed by atoms with van der Waals surface area (Å²) in [6, 6.07) is 12.3. The Balaban J connectivity index is 1.54. The molecule has 5 heteroatoms. The van der Waals surface area contributed by atoms with Crippen molar-refractivity contribution < 1.29 is 5.11 Å². The molecule has 0 aliphatic carbocycles. The SMILES string of the molecule is O=c1[nH]ccc(CN2CCN(Cc3ccccc3)CC2)c1O. The highest BCUT2D eigenvalue weighted by Crippen LogP contribution is 2.15. The van der Waals surface area contributed by atoms with Gasteiger partial charge in [0.1, 0.15) is 0 Å². The molecule has 1 saturated heterocycles. The molecule has 1 aromatic heterocycles. The predicted molar refractivity (Wildman–Crippen MR) is 85.7 cm³/mol. The van der Waals surface area contributed by atoms with Crippen LogP contribution in [0.5, 0.6) is 5.75 Å². The highest BCUT2D eigenvalue weighted by molar-refractivity contribution is 5.28. The van der Waals surface area contributed by atoms with E-state index in [9.17, 15) is 9.90 Å². The van der Waals surface area contributed by atoms with E-state index in [1.165, 1.54) is 5.56 Å². The molecule has 2 N–H and O–H groups in total. The quantitative estimate of drug-likeness (QED) is 0.896. The summed E-state index contributed by atoms with van der Waals surface area (Å²) in [7, 11) is 0. The van der Waals surface area contributed by atoms with Crippen LogP contribution < -0.4 is 5.56 Å². The lowest BCUT2D eigenvalue weighted by Crippen LogP contribution is -2.45. The number of hydrogen-bond donors (Lipinski definition) is 2. The van der Waals surface area contributed by atoms with Crippen molar-refractivity contribution in [3.63, 3.8) is 0 Å². The highest BCUT2D eigenvalue weighted by Gasteiger charge is 2.18. The van der Waals surface area contributed by atoms with Crippen molar-refractivity contribution in [2.45, 2.75) is 13.1 Å². The second-order valence-corrected chi connectivity index (χ2v) is 5.72. The second kappa shape index (κ2) is 6.77. The zero-order valence-corrected chi connectivity index (χ0v) is 12.5. The van der Waals surface area contributed by atoms with Crippen LogP contribution in [0.2, 0.25) is 0 Å². The monoisotopic (exact) mass is 299 g/mol. The number of aromatic amines is 1. The fourth-order valence-corrected chi connectivity index (χ4v) is 2.83. The van der Waals surface area contributed by atoms with E-state index in [0.29, 0.717) is 12.1 Å². The van der Waals surface area contributed by atoms with Crippen LogP contribution in [-0.4, -0.2) is 46.1 Å². The molecule has 3 rings (SSSR count). The van der Waals surface area contributed by atoms with Crippen LogP contribution in [0.3, 0.4) is 0 Å². The van der Waals surface area contributed by atoms with Crippen molar-refractivity contribution in [2.24, 2.45) is 0 Å². The van der Waals surface area contributed by atoms with Gasteiger partial charge in [-0.05, 0) is 11.6 Å². The molecule has 0 unspecified atom stereocenters. The summed E-state index contributed by atoms with van der Waals surface area (Å²) in [5.74, 6) is -0.158. The van der Waals surface area contributed by atoms with E-state index in [0.717, 1.165) is 32.7 Å². The highest BCUT2D eigenvalue weighted by atomic mass is 16.3. The van der Waals surface area contributed by atoms with Crippen molar-refractivity contribution in [3.8, 4) is 5.75 Å². The van der Waals surface area contributed by atoms with Crippen molar-refractivity contribution >= 4 is 0 Å². The van der Waals surface area contributed by atoms with Gasteiger partial charge in [0.25, 0.3) is 5.56 Å². The molecule has 1 aliphatic heterocycles. The molecular formula is C17H21N3O2. The second-order valence-electron chi connectivity index (χ2n) is 5.72. The summed E-state index contributed by atoms with van der Waals surface area (Å²) in [4.78, 5) is 18.6. The van der Waals surface area contributed by atoms with Crippen LogP contribution in [0.1, 0.15) is 11.1 Å². The smallest absolute Gasteiger partial charge is 0.290 e. The summed E-state index contributed by atoms with van der Waals surface area (Å²) >= 11 is 0. The van der Waals surface area contributed by atoms with Gasteiger partial charge in [0.2, 0.25) is 0 Å². The van der Waals surface area contributed by atoms with Crippen molar-refractivity contribution in [1.82, 2.24) is 14.8 Å². The summed E-state index contributed by atoms with van der Waals surface area (Å²) < 4.78 is 0. The maximum atomic E-state index is 11.4. The van der Waals surface area contributed by atoms with Crippen LogP contribution in [0, 0.1) is 0 Å². The largest absolute Gasteiger partial charge is 0.503 e. The molecule has 1 aromatic carbocycles. The molecule has 1 fully saturated rings. The number of aromatic hydroxyl groups is 1. The van der Waals surface area contributed by atoms with E-state index in [-0.39, 0.29) is 5.75 Å². The first-order valence-corrected chi connectivity index (χ1v) is 7.60. The van der Waals surface area contributed by atoms with Gasteiger partial charge in [-0.1, -0.05) is 30.3 Å². The Hall–Kier alpha value is -2.11. The van der Waals surface area contributed by atoms with E-state index in [1.807, 2.05) is 6.07 Å². The van der Waals surface area contributed by atoms with Gasteiger partial charge in [-0.3, -0.25) is 14.6 Å². The van der Waals surface area contributed by atoms with Crippen LogP contribution in [-0.2, 0) is 13.1 Å². The maximum absolute atomic E-state index is 11.4. The fraction of sp³-hybridized carbons (Fsp3) is 0.353. The molecule has 2 heterocycles. The Labute approximate surface area is 129 Å². The minimum atomic E-state index is -0.416. The first-order chi connectivity index (χ1) is 10.7. The summed E-state index contributed by atoms with van der Waals surface area (Å²) in [6.45, 7) is 5.48. The third-order valence-electron chi connectivity index (χ3n) is 4.13. The lowest BCUT2D eigenvalue weighted by molar-refractivity contribution is 0.121. The molecule has 2 aromatic rings. The van der Waals surface area contributed by atoms with Crippen LogP contribution >= 0.6 is 0 Å². The minimum absolute atomic E-state index is 0.158. The van der Waals surface area contributed by atoms with E-state index in [4.69, 9.17) is 0 Å². The van der Waals surface area contributed by atoms with E-state index < -0.39 is 5.56 Å². The first-order valence-electron chi connectivity index (χ1n) is 7.60. The van der Waals surface area contributed by atoms with Gasteiger partial charge >= 0.3 is 0 Å². The number of pyridine rings is 1. The molecule has 116 valence electrons. The van der Waals surface area contributed by atoms with Crippen molar-refractivity contribution in [1.29, 1.82) is 0 Å². The normalized spacial score (nSPS) is 16.7. The molecule has 0 bridgehead atoms. The van der Waals surface area contributed by atoms with Gasteiger partial charge in [-0.2, -0.15) is 0 Å². The molecule has 1 aliphatic rings. The van der Waals surface area contributed by atoms with Crippen molar-refractivity contribution in [2.75, 3.05) is 26.2 Å². The van der Waals surface area contributed by atoms with Gasteiger partial charge in [0.15, 0.2) is 5.75 Å². The molecule has 0 amide bonds. The zero-order valence-electron chi connectivity index (χ0n) is 12.5. The van der Waals surface area contributed by atoms with Crippen LogP contribution in [0.15, 0.2) is 47.4 Å². The lowest BCUT2D eigenvalue weighted by Gasteiger charge is -2.34. The van der Waals surface area contributed by atoms with Crippen LogP contribution in [0.4, 0.5) is 0 Å². The third kappa shape index (κ3) is 3.55. The average molecular weight is 299 g/mol. The molecule has 0 saturated carbocycles. The number of rotatable bonds is 4. The van der Waals surface area contributed by atoms with Gasteiger partial charge < -0.3 is 10.1 Å². The predicted octanol–water partition coefficient (Wildman–Crippen LogP) is 1.40. The van der Waals surface area contributed by atoms with Gasteiger partial charge in [-0.15, -0.1) is 0 Å². The Bertz CT molecular complexity index is 661. The molecule has 0 radical (unpaired) electrons. The summed E-state index contributed by atoms with van der Waals surface area (Å²) in [6.07, 6.45) is 1.59. The molecule has 0 spiro atoms. The first kappa shape index (κ1) is 14.8. The molecule has 5 nitrogen and oxygen atoms in total. The number of H-pyrrole nitrogens is 1. The zero-order chi connectivity index (χ0) is 15.4. The fourth-order valence-electron chi connectivity index (χ4n) is 2.83. The third-order valence-corrected chi connectivity index (χ3v) is 4.13. The summed E-state index contributed by atoms with van der Waals surface area (Å²) in [5, 5.41) is 9.79. The number of benzene rings is 1.